The maximum absolute atomic E-state index is 13.2. The molecule has 0 radical (unpaired) electrons. The number of amides is 1. The van der Waals surface area contributed by atoms with Gasteiger partial charge in [0.05, 0.1) is 43.5 Å². The second-order valence-corrected chi connectivity index (χ2v) is 12.1. The number of rotatable bonds is 7. The van der Waals surface area contributed by atoms with Gasteiger partial charge in [0.2, 0.25) is 10.0 Å². The van der Waals surface area contributed by atoms with E-state index in [0.717, 1.165) is 25.7 Å². The van der Waals surface area contributed by atoms with Crippen LogP contribution in [-0.2, 0) is 24.9 Å². The fraction of sp³-hybridized carbons (Fsp3) is 0.773. The maximum atomic E-state index is 13.2. The zero-order valence-corrected chi connectivity index (χ0v) is 20.3. The highest BCUT2D eigenvalue weighted by Crippen LogP contribution is 2.61. The molecule has 0 spiro atoms. The predicted octanol–water partition coefficient (Wildman–Crippen LogP) is 2.37. The van der Waals surface area contributed by atoms with Crippen LogP contribution in [0.2, 0.25) is 0 Å². The second kappa shape index (κ2) is 9.07. The number of sulfonamides is 1. The van der Waals surface area contributed by atoms with Crippen LogP contribution >= 0.6 is 0 Å². The number of halogens is 1. The Bertz CT molecular complexity index is 976. The topological polar surface area (TPSA) is 111 Å². The number of likely N-dealkylation sites (tertiary alicyclic amines) is 1. The SMILES string of the molecule is COC(=O)N1[C@H](CO[C@@H]2CC[C@]3(c4ncc(F)cn4)C[C@@H]3C2)[C@H](NS(=O)(=O)C(C)C)C[C@@H]1C. The summed E-state index contributed by atoms with van der Waals surface area (Å²) in [4.78, 5) is 22.4. The van der Waals surface area contributed by atoms with Crippen molar-refractivity contribution >= 4 is 16.1 Å². The number of methoxy groups -OCH3 is 1. The summed E-state index contributed by atoms with van der Waals surface area (Å²) in [6.45, 7) is 5.36. The van der Waals surface area contributed by atoms with E-state index in [2.05, 4.69) is 14.7 Å². The Hall–Kier alpha value is -1.85. The average molecular weight is 485 g/mol. The minimum absolute atomic E-state index is 0.00355. The van der Waals surface area contributed by atoms with Crippen molar-refractivity contribution in [3.63, 3.8) is 0 Å². The first-order valence-electron chi connectivity index (χ1n) is 11.5. The Labute approximate surface area is 194 Å². The number of hydrogen-bond acceptors (Lipinski definition) is 7. The van der Waals surface area contributed by atoms with Crippen molar-refractivity contribution in [1.29, 1.82) is 0 Å². The summed E-state index contributed by atoms with van der Waals surface area (Å²) < 4.78 is 52.2. The van der Waals surface area contributed by atoms with Crippen LogP contribution in [0.5, 0.6) is 0 Å². The van der Waals surface area contributed by atoms with Crippen LogP contribution in [-0.4, -0.2) is 72.6 Å². The highest BCUT2D eigenvalue weighted by Gasteiger charge is 2.60. The highest BCUT2D eigenvalue weighted by atomic mass is 32.2. The van der Waals surface area contributed by atoms with E-state index < -0.39 is 39.3 Å². The van der Waals surface area contributed by atoms with Crippen molar-refractivity contribution in [3.05, 3.63) is 24.0 Å². The van der Waals surface area contributed by atoms with E-state index in [1.807, 2.05) is 6.92 Å². The summed E-state index contributed by atoms with van der Waals surface area (Å²) in [5.74, 6) is 0.654. The molecule has 1 amide bonds. The molecule has 3 aliphatic rings. The first-order valence-corrected chi connectivity index (χ1v) is 13.1. The first-order chi connectivity index (χ1) is 15.6. The predicted molar refractivity (Wildman–Crippen MR) is 118 cm³/mol. The van der Waals surface area contributed by atoms with Gasteiger partial charge in [-0.15, -0.1) is 0 Å². The maximum Gasteiger partial charge on any atom is 0.410 e. The number of carbonyl (C=O) groups excluding carboxylic acids is 1. The van der Waals surface area contributed by atoms with Gasteiger partial charge in [-0.1, -0.05) is 0 Å². The van der Waals surface area contributed by atoms with Crippen molar-refractivity contribution in [2.45, 2.75) is 87.8 Å². The summed E-state index contributed by atoms with van der Waals surface area (Å²) >= 11 is 0. The van der Waals surface area contributed by atoms with Gasteiger partial charge in [0.15, 0.2) is 5.82 Å². The van der Waals surface area contributed by atoms with E-state index in [9.17, 15) is 17.6 Å². The molecule has 9 nitrogen and oxygen atoms in total. The molecule has 1 saturated heterocycles. The summed E-state index contributed by atoms with van der Waals surface area (Å²) in [5.41, 5.74) is -0.0804. The van der Waals surface area contributed by atoms with Crippen LogP contribution in [0.25, 0.3) is 0 Å². The third kappa shape index (κ3) is 4.72. The van der Waals surface area contributed by atoms with Gasteiger partial charge in [0.25, 0.3) is 0 Å². The second-order valence-electron chi connectivity index (χ2n) is 9.86. The molecule has 33 heavy (non-hydrogen) atoms. The van der Waals surface area contributed by atoms with E-state index >= 15 is 0 Å². The number of hydrogen-bond donors (Lipinski definition) is 1. The fourth-order valence-electron chi connectivity index (χ4n) is 5.44. The molecule has 2 aliphatic carbocycles. The number of ether oxygens (including phenoxy) is 2. The zero-order valence-electron chi connectivity index (χ0n) is 19.5. The smallest absolute Gasteiger partial charge is 0.410 e. The number of nitrogens with one attached hydrogen (secondary N) is 1. The normalized spacial score (nSPS) is 33.8. The van der Waals surface area contributed by atoms with Gasteiger partial charge in [-0.3, -0.25) is 4.90 Å². The number of aromatic nitrogens is 2. The van der Waals surface area contributed by atoms with E-state index in [1.165, 1.54) is 19.5 Å². The molecule has 1 aliphatic heterocycles. The van der Waals surface area contributed by atoms with Crippen LogP contribution in [0.3, 0.4) is 0 Å². The van der Waals surface area contributed by atoms with Crippen molar-refractivity contribution in [3.8, 4) is 0 Å². The first kappa shape index (κ1) is 24.3. The molecule has 1 aromatic rings. The highest BCUT2D eigenvalue weighted by molar-refractivity contribution is 7.90. The molecule has 0 unspecified atom stereocenters. The molecule has 4 rings (SSSR count). The van der Waals surface area contributed by atoms with Gasteiger partial charge in [0, 0.05) is 17.5 Å². The number of nitrogens with zero attached hydrogens (tertiary/aromatic N) is 3. The quantitative estimate of drug-likeness (QED) is 0.633. The third-order valence-electron chi connectivity index (χ3n) is 7.47. The van der Waals surface area contributed by atoms with E-state index in [0.29, 0.717) is 18.2 Å². The van der Waals surface area contributed by atoms with Gasteiger partial charge in [-0.05, 0) is 58.8 Å². The molecular formula is C22H33FN4O5S. The van der Waals surface area contributed by atoms with E-state index in [-0.39, 0.29) is 24.2 Å². The Morgan fingerprint density at radius 3 is 2.64 bits per heavy atom. The summed E-state index contributed by atoms with van der Waals surface area (Å²) in [7, 11) is -2.18. The Balaban J connectivity index is 1.41. The Kier molecular flexibility index (Phi) is 6.67. The number of carbonyl (C=O) groups is 1. The van der Waals surface area contributed by atoms with Crippen molar-refractivity contribution in [2.24, 2.45) is 5.92 Å². The lowest BCUT2D eigenvalue weighted by Crippen LogP contribution is -2.51. The van der Waals surface area contributed by atoms with Crippen molar-refractivity contribution < 1.29 is 27.1 Å². The van der Waals surface area contributed by atoms with Crippen LogP contribution in [0.15, 0.2) is 12.4 Å². The van der Waals surface area contributed by atoms with Crippen molar-refractivity contribution in [2.75, 3.05) is 13.7 Å². The van der Waals surface area contributed by atoms with E-state index in [4.69, 9.17) is 9.47 Å². The van der Waals surface area contributed by atoms with Gasteiger partial charge in [0.1, 0.15) is 5.82 Å². The summed E-state index contributed by atoms with van der Waals surface area (Å²) in [6.07, 6.45) is 5.91. The lowest BCUT2D eigenvalue weighted by Gasteiger charge is -2.33. The Morgan fingerprint density at radius 2 is 2.03 bits per heavy atom. The summed E-state index contributed by atoms with van der Waals surface area (Å²) in [5, 5.41) is -0.573. The standard InChI is InChI=1S/C22H33FN4O5S/c1-13(2)33(29,30)26-18-7-14(3)27(21(28)31-4)19(18)12-32-17-5-6-22(9-15(22)8-17)20-24-10-16(23)11-25-20/h10-11,13-15,17-19,26H,5-9,12H2,1-4H3/t14-,15-,17+,18+,19+,22-/m0/s1. The molecule has 0 bridgehead atoms. The molecule has 2 saturated carbocycles. The molecule has 6 atom stereocenters. The van der Waals surface area contributed by atoms with Crippen LogP contribution in [0.4, 0.5) is 9.18 Å². The fourth-order valence-corrected chi connectivity index (χ4v) is 6.39. The van der Waals surface area contributed by atoms with Crippen molar-refractivity contribution in [1.82, 2.24) is 19.6 Å². The van der Waals surface area contributed by atoms with Gasteiger partial charge in [-0.2, -0.15) is 0 Å². The number of fused-ring (bicyclic) bond motifs is 1. The molecule has 2 heterocycles. The van der Waals surface area contributed by atoms with Gasteiger partial charge >= 0.3 is 6.09 Å². The molecule has 1 N–H and O–H groups in total. The minimum Gasteiger partial charge on any atom is -0.453 e. The lowest BCUT2D eigenvalue weighted by atomic mass is 9.86. The van der Waals surface area contributed by atoms with Gasteiger partial charge in [-0.25, -0.2) is 32.3 Å². The Morgan fingerprint density at radius 1 is 1.33 bits per heavy atom. The largest absolute Gasteiger partial charge is 0.453 e. The van der Waals surface area contributed by atoms with E-state index in [1.54, 1.807) is 18.7 Å². The molecule has 11 heteroatoms. The molecule has 3 fully saturated rings. The minimum atomic E-state index is -3.51. The zero-order chi connectivity index (χ0) is 24.0. The van der Waals surface area contributed by atoms with Crippen LogP contribution in [0, 0.1) is 11.7 Å². The van der Waals surface area contributed by atoms with Crippen LogP contribution < -0.4 is 4.72 Å². The third-order valence-corrected chi connectivity index (χ3v) is 9.35. The lowest BCUT2D eigenvalue weighted by molar-refractivity contribution is -0.0103. The molecular weight excluding hydrogens is 451 g/mol. The van der Waals surface area contributed by atoms with Gasteiger partial charge < -0.3 is 9.47 Å². The summed E-state index contributed by atoms with van der Waals surface area (Å²) in [6, 6.07) is -1.07. The average Bonchev–Trinajstić information content (AvgIpc) is 3.42. The molecule has 1 aromatic heterocycles. The monoisotopic (exact) mass is 484 g/mol. The molecule has 0 aromatic carbocycles. The molecule has 184 valence electrons. The van der Waals surface area contributed by atoms with Crippen LogP contribution in [0.1, 0.15) is 58.7 Å².